The third kappa shape index (κ3) is 3.04. The number of carbonyl (C=O) groups is 1. The maximum atomic E-state index is 12.4. The van der Waals surface area contributed by atoms with E-state index in [4.69, 9.17) is 14.6 Å². The van der Waals surface area contributed by atoms with Crippen LogP contribution in [0.25, 0.3) is 10.8 Å². The maximum absolute atomic E-state index is 12.4. The molecule has 0 saturated heterocycles. The van der Waals surface area contributed by atoms with Crippen molar-refractivity contribution < 1.29 is 34.3 Å². The molecule has 0 atom stereocenters. The van der Waals surface area contributed by atoms with Crippen molar-refractivity contribution in [1.82, 2.24) is 0 Å². The zero-order valence-electron chi connectivity index (χ0n) is 13.0. The number of methoxy groups -OCH3 is 2. The zero-order chi connectivity index (χ0) is 17.9. The Labute approximate surface area is 136 Å². The van der Waals surface area contributed by atoms with Gasteiger partial charge in [-0.25, -0.2) is 4.79 Å². The monoisotopic (exact) mass is 336 g/mol. The number of benzene rings is 1. The van der Waals surface area contributed by atoms with Crippen molar-refractivity contribution in [2.75, 3.05) is 27.4 Å². The molecule has 3 N–H and O–H groups in total. The molecule has 24 heavy (non-hydrogen) atoms. The molecule has 0 radical (unpaired) electrons. The summed E-state index contributed by atoms with van der Waals surface area (Å²) in [5.41, 5.74) is -0.899. The van der Waals surface area contributed by atoms with Crippen molar-refractivity contribution in [3.8, 4) is 23.0 Å². The standard InChI is InChI=1S/C16H16O8/c1-22-15-12-8(7-11(14(15)20)24-4-3-17)5-9(16(21)23-2)6-10(18)13(12)19/h5-7,17,20H,3-4H2,1-2H3,(H,18,19). The van der Waals surface area contributed by atoms with Gasteiger partial charge in [-0.1, -0.05) is 0 Å². The van der Waals surface area contributed by atoms with E-state index in [9.17, 15) is 19.8 Å². The molecule has 8 nitrogen and oxygen atoms in total. The summed E-state index contributed by atoms with van der Waals surface area (Å²) in [5.74, 6) is -2.18. The number of esters is 1. The largest absolute Gasteiger partial charge is 0.504 e. The van der Waals surface area contributed by atoms with Crippen molar-refractivity contribution >= 4 is 16.7 Å². The normalized spacial score (nSPS) is 10.5. The minimum absolute atomic E-state index is 0.0469. The Morgan fingerprint density at radius 3 is 2.46 bits per heavy atom. The molecule has 2 aromatic carbocycles. The summed E-state index contributed by atoms with van der Waals surface area (Å²) in [4.78, 5) is 24.1. The van der Waals surface area contributed by atoms with Crippen molar-refractivity contribution in [1.29, 1.82) is 0 Å². The van der Waals surface area contributed by atoms with Crippen LogP contribution in [0.3, 0.4) is 0 Å². The molecule has 2 rings (SSSR count). The molecule has 0 bridgehead atoms. The van der Waals surface area contributed by atoms with Crippen LogP contribution in [0.2, 0.25) is 0 Å². The van der Waals surface area contributed by atoms with Gasteiger partial charge in [-0.2, -0.15) is 0 Å². The first-order valence-corrected chi connectivity index (χ1v) is 6.87. The van der Waals surface area contributed by atoms with Gasteiger partial charge >= 0.3 is 5.97 Å². The molecule has 8 heteroatoms. The summed E-state index contributed by atoms with van der Waals surface area (Å²) in [5, 5.41) is 29.0. The van der Waals surface area contributed by atoms with E-state index < -0.39 is 22.9 Å². The fraction of sp³-hybridized carbons (Fsp3) is 0.250. The van der Waals surface area contributed by atoms with Crippen LogP contribution in [0.5, 0.6) is 23.0 Å². The van der Waals surface area contributed by atoms with E-state index in [1.807, 2.05) is 0 Å². The van der Waals surface area contributed by atoms with E-state index >= 15 is 0 Å². The van der Waals surface area contributed by atoms with Gasteiger partial charge in [-0.15, -0.1) is 0 Å². The lowest BCUT2D eigenvalue weighted by molar-refractivity contribution is 0.0600. The van der Waals surface area contributed by atoms with E-state index in [-0.39, 0.29) is 41.0 Å². The van der Waals surface area contributed by atoms with Crippen LogP contribution in [0.1, 0.15) is 10.4 Å². The molecule has 0 aliphatic heterocycles. The summed E-state index contributed by atoms with van der Waals surface area (Å²) in [7, 11) is 2.39. The average molecular weight is 336 g/mol. The Hall–Kier alpha value is -3.00. The number of aliphatic hydroxyl groups is 1. The summed E-state index contributed by atoms with van der Waals surface area (Å²) >= 11 is 0. The lowest BCUT2D eigenvalue weighted by atomic mass is 10.1. The number of aromatic hydroxyl groups is 2. The highest BCUT2D eigenvalue weighted by Crippen LogP contribution is 2.41. The highest BCUT2D eigenvalue weighted by atomic mass is 16.5. The minimum Gasteiger partial charge on any atom is -0.504 e. The van der Waals surface area contributed by atoms with Gasteiger partial charge in [0.2, 0.25) is 11.2 Å². The number of rotatable bonds is 5. The molecule has 0 aliphatic carbocycles. The fourth-order valence-electron chi connectivity index (χ4n) is 2.24. The topological polar surface area (TPSA) is 123 Å². The van der Waals surface area contributed by atoms with Crippen molar-refractivity contribution in [3.63, 3.8) is 0 Å². The number of carbonyl (C=O) groups excluding carboxylic acids is 1. The van der Waals surface area contributed by atoms with Crippen LogP contribution in [-0.4, -0.2) is 48.7 Å². The first-order valence-electron chi connectivity index (χ1n) is 6.87. The molecule has 128 valence electrons. The predicted octanol–water partition coefficient (Wildman–Crippen LogP) is 0.777. The molecular weight excluding hydrogens is 320 g/mol. The van der Waals surface area contributed by atoms with Gasteiger partial charge in [-0.3, -0.25) is 4.79 Å². The number of hydrogen-bond acceptors (Lipinski definition) is 8. The van der Waals surface area contributed by atoms with Gasteiger partial charge in [0.05, 0.1) is 31.8 Å². The Kier molecular flexibility index (Phi) is 5.10. The highest BCUT2D eigenvalue weighted by Gasteiger charge is 2.20. The third-order valence-electron chi connectivity index (χ3n) is 3.29. The van der Waals surface area contributed by atoms with Crippen molar-refractivity contribution in [3.05, 3.63) is 34.0 Å². The second-order valence-electron chi connectivity index (χ2n) is 4.74. The van der Waals surface area contributed by atoms with Gasteiger partial charge in [0, 0.05) is 0 Å². The highest BCUT2D eigenvalue weighted by molar-refractivity contribution is 5.98. The first kappa shape index (κ1) is 17.4. The van der Waals surface area contributed by atoms with Crippen molar-refractivity contribution in [2.45, 2.75) is 0 Å². The number of aliphatic hydroxyl groups excluding tert-OH is 1. The van der Waals surface area contributed by atoms with E-state index in [0.717, 1.165) is 13.2 Å². The van der Waals surface area contributed by atoms with Gasteiger partial charge in [0.25, 0.3) is 0 Å². The third-order valence-corrected chi connectivity index (χ3v) is 3.29. The summed E-state index contributed by atoms with van der Waals surface area (Å²) < 4.78 is 14.9. The van der Waals surface area contributed by atoms with Crippen LogP contribution in [0, 0.1) is 0 Å². The van der Waals surface area contributed by atoms with E-state index in [2.05, 4.69) is 4.74 Å². The Balaban J connectivity index is 2.92. The summed E-state index contributed by atoms with van der Waals surface area (Å²) in [6.45, 7) is -0.385. The molecule has 0 unspecified atom stereocenters. The Morgan fingerprint density at radius 2 is 1.88 bits per heavy atom. The lowest BCUT2D eigenvalue weighted by Gasteiger charge is -2.12. The van der Waals surface area contributed by atoms with E-state index in [1.54, 1.807) is 0 Å². The van der Waals surface area contributed by atoms with E-state index in [0.29, 0.717) is 0 Å². The number of phenolic OH excluding ortho intramolecular Hbond substituents is 1. The molecule has 2 aromatic rings. The van der Waals surface area contributed by atoms with Crippen molar-refractivity contribution in [2.24, 2.45) is 0 Å². The average Bonchev–Trinajstić information content (AvgIpc) is 2.70. The SMILES string of the molecule is COC(=O)c1cc(O)c(=O)c2c(OC)c(O)c(OCCO)cc2c1. The van der Waals surface area contributed by atoms with Gasteiger partial charge in [0.1, 0.15) is 6.61 Å². The maximum Gasteiger partial charge on any atom is 0.338 e. The molecule has 0 saturated carbocycles. The van der Waals surface area contributed by atoms with Crippen LogP contribution in [-0.2, 0) is 4.74 Å². The van der Waals surface area contributed by atoms with Gasteiger partial charge in [0.15, 0.2) is 17.2 Å². The van der Waals surface area contributed by atoms with Crippen LogP contribution >= 0.6 is 0 Å². The second kappa shape index (κ2) is 7.05. The predicted molar refractivity (Wildman–Crippen MR) is 84.0 cm³/mol. The van der Waals surface area contributed by atoms with E-state index in [1.165, 1.54) is 19.2 Å². The first-order chi connectivity index (χ1) is 11.4. The quantitative estimate of drug-likeness (QED) is 0.685. The van der Waals surface area contributed by atoms with Gasteiger partial charge in [-0.05, 0) is 23.6 Å². The molecule has 0 spiro atoms. The second-order valence-corrected chi connectivity index (χ2v) is 4.74. The molecule has 0 heterocycles. The number of ether oxygens (including phenoxy) is 3. The van der Waals surface area contributed by atoms with Crippen LogP contribution in [0.15, 0.2) is 23.0 Å². The fourth-order valence-corrected chi connectivity index (χ4v) is 2.24. The Bertz CT molecular complexity index is 844. The zero-order valence-corrected chi connectivity index (χ0v) is 13.0. The molecule has 0 amide bonds. The minimum atomic E-state index is -0.832. The summed E-state index contributed by atoms with van der Waals surface area (Å²) in [6, 6.07) is 3.57. The molecule has 0 fully saturated rings. The Morgan fingerprint density at radius 1 is 1.17 bits per heavy atom. The van der Waals surface area contributed by atoms with Crippen LogP contribution in [0.4, 0.5) is 0 Å². The number of phenols is 1. The smallest absolute Gasteiger partial charge is 0.338 e. The molecule has 0 aliphatic rings. The van der Waals surface area contributed by atoms with Crippen LogP contribution < -0.4 is 14.9 Å². The number of hydrogen-bond donors (Lipinski definition) is 3. The van der Waals surface area contributed by atoms with Gasteiger partial charge < -0.3 is 29.5 Å². The molecule has 0 aromatic heterocycles. The lowest BCUT2D eigenvalue weighted by Crippen LogP contribution is -2.04. The number of fused-ring (bicyclic) bond motifs is 1. The molecular formula is C16H16O8. The summed E-state index contributed by atoms with van der Waals surface area (Å²) in [6.07, 6.45) is 0.